The molecule has 4 rings (SSSR count). The van der Waals surface area contributed by atoms with Crippen LogP contribution in [0.4, 0.5) is 0 Å². The third-order valence-electron chi connectivity index (χ3n) is 5.11. The van der Waals surface area contributed by atoms with Crippen molar-refractivity contribution >= 4 is 32.9 Å². The van der Waals surface area contributed by atoms with E-state index in [2.05, 4.69) is 20.9 Å². The van der Waals surface area contributed by atoms with Crippen molar-refractivity contribution in [1.82, 2.24) is 9.88 Å². The van der Waals surface area contributed by atoms with Gasteiger partial charge in [-0.25, -0.2) is 4.98 Å². The molecular formula is C22H23BrN2O3. The summed E-state index contributed by atoms with van der Waals surface area (Å²) in [5.41, 5.74) is 1.74. The van der Waals surface area contributed by atoms with E-state index in [1.165, 1.54) is 0 Å². The van der Waals surface area contributed by atoms with Crippen LogP contribution in [0.25, 0.3) is 11.1 Å². The topological polar surface area (TPSA) is 55.6 Å². The third-order valence-corrected chi connectivity index (χ3v) is 5.60. The molecule has 1 aromatic heterocycles. The maximum Gasteiger partial charge on any atom is 0.222 e. The zero-order chi connectivity index (χ0) is 19.3. The lowest BCUT2D eigenvalue weighted by molar-refractivity contribution is -0.132. The molecule has 0 saturated carbocycles. The lowest BCUT2D eigenvalue weighted by Gasteiger charge is -2.30. The summed E-state index contributed by atoms with van der Waals surface area (Å²) in [6.45, 7) is 2.06. The average molecular weight is 443 g/mol. The van der Waals surface area contributed by atoms with E-state index in [1.54, 1.807) is 0 Å². The standard InChI is InChI=1S/C22H23BrN2O3/c23-17-5-3-6-18(15-17)27-14-4-9-21(26)25-12-10-16(11-13-25)22-24-19-7-1-2-8-20(19)28-22/h1-3,5-8,15-16H,4,9-14H2. The molecule has 0 aliphatic carbocycles. The lowest BCUT2D eigenvalue weighted by Crippen LogP contribution is -2.38. The number of amides is 1. The number of benzene rings is 2. The second kappa shape index (κ2) is 8.78. The zero-order valence-corrected chi connectivity index (χ0v) is 17.2. The van der Waals surface area contributed by atoms with Gasteiger partial charge in [0.15, 0.2) is 11.5 Å². The molecule has 1 fully saturated rings. The third kappa shape index (κ3) is 4.55. The number of likely N-dealkylation sites (tertiary alicyclic amines) is 1. The van der Waals surface area contributed by atoms with Gasteiger partial charge in [0.05, 0.1) is 6.61 Å². The fourth-order valence-corrected chi connectivity index (χ4v) is 3.95. The van der Waals surface area contributed by atoms with Crippen molar-refractivity contribution in [3.8, 4) is 5.75 Å². The lowest BCUT2D eigenvalue weighted by atomic mass is 9.96. The number of para-hydroxylation sites is 2. The molecule has 6 heteroatoms. The van der Waals surface area contributed by atoms with Crippen LogP contribution in [0, 0.1) is 0 Å². The number of aromatic nitrogens is 1. The van der Waals surface area contributed by atoms with Crippen molar-refractivity contribution < 1.29 is 13.9 Å². The van der Waals surface area contributed by atoms with E-state index < -0.39 is 0 Å². The number of carbonyl (C=O) groups excluding carboxylic acids is 1. The summed E-state index contributed by atoms with van der Waals surface area (Å²) in [4.78, 5) is 19.0. The van der Waals surface area contributed by atoms with Crippen molar-refractivity contribution in [1.29, 1.82) is 0 Å². The average Bonchev–Trinajstić information content (AvgIpc) is 3.15. The summed E-state index contributed by atoms with van der Waals surface area (Å²) in [7, 11) is 0. The molecule has 0 radical (unpaired) electrons. The Morgan fingerprint density at radius 2 is 2.00 bits per heavy atom. The van der Waals surface area contributed by atoms with Crippen LogP contribution in [0.3, 0.4) is 0 Å². The molecule has 28 heavy (non-hydrogen) atoms. The number of fused-ring (bicyclic) bond motifs is 1. The SMILES string of the molecule is O=C(CCCOc1cccc(Br)c1)N1CCC(c2nc3ccccc3o2)CC1. The first-order valence-electron chi connectivity index (χ1n) is 9.70. The Labute approximate surface area is 172 Å². The molecule has 1 aliphatic rings. The minimum absolute atomic E-state index is 0.203. The predicted octanol–water partition coefficient (Wildman–Crippen LogP) is 5.16. The van der Waals surface area contributed by atoms with Gasteiger partial charge in [-0.05, 0) is 49.6 Å². The second-order valence-electron chi connectivity index (χ2n) is 7.08. The highest BCUT2D eigenvalue weighted by atomic mass is 79.9. The summed E-state index contributed by atoms with van der Waals surface area (Å²) in [5, 5.41) is 0. The first-order valence-corrected chi connectivity index (χ1v) is 10.5. The van der Waals surface area contributed by atoms with Crippen LogP contribution in [0.5, 0.6) is 5.75 Å². The number of ether oxygens (including phenoxy) is 1. The van der Waals surface area contributed by atoms with E-state index in [-0.39, 0.29) is 11.8 Å². The van der Waals surface area contributed by atoms with Gasteiger partial charge in [-0.1, -0.05) is 34.1 Å². The zero-order valence-electron chi connectivity index (χ0n) is 15.6. The highest BCUT2D eigenvalue weighted by molar-refractivity contribution is 9.10. The molecule has 1 amide bonds. The van der Waals surface area contributed by atoms with Crippen LogP contribution >= 0.6 is 15.9 Å². The number of piperidine rings is 1. The first kappa shape index (κ1) is 19.0. The van der Waals surface area contributed by atoms with Crippen LogP contribution in [0.1, 0.15) is 37.5 Å². The Balaban J connectivity index is 1.21. The highest BCUT2D eigenvalue weighted by Gasteiger charge is 2.26. The Morgan fingerprint density at radius 1 is 1.18 bits per heavy atom. The smallest absolute Gasteiger partial charge is 0.222 e. The van der Waals surface area contributed by atoms with E-state index in [4.69, 9.17) is 9.15 Å². The molecule has 0 spiro atoms. The molecule has 2 aromatic carbocycles. The second-order valence-corrected chi connectivity index (χ2v) is 8.00. The van der Waals surface area contributed by atoms with E-state index in [0.29, 0.717) is 13.0 Å². The predicted molar refractivity (Wildman–Crippen MR) is 111 cm³/mol. The van der Waals surface area contributed by atoms with Crippen molar-refractivity contribution in [3.63, 3.8) is 0 Å². The van der Waals surface area contributed by atoms with Gasteiger partial charge in [-0.2, -0.15) is 0 Å². The Morgan fingerprint density at radius 3 is 2.79 bits per heavy atom. The van der Waals surface area contributed by atoms with E-state index in [1.807, 2.05) is 53.4 Å². The number of halogens is 1. The summed E-state index contributed by atoms with van der Waals surface area (Å²) in [6.07, 6.45) is 3.03. The number of oxazole rings is 1. The van der Waals surface area contributed by atoms with Gasteiger partial charge >= 0.3 is 0 Å². The van der Waals surface area contributed by atoms with Crippen LogP contribution in [-0.4, -0.2) is 35.5 Å². The highest BCUT2D eigenvalue weighted by Crippen LogP contribution is 2.30. The number of rotatable bonds is 6. The number of hydrogen-bond donors (Lipinski definition) is 0. The molecule has 3 aromatic rings. The minimum Gasteiger partial charge on any atom is -0.494 e. The molecule has 0 N–H and O–H groups in total. The maximum absolute atomic E-state index is 12.5. The van der Waals surface area contributed by atoms with E-state index in [9.17, 15) is 4.79 Å². The molecule has 2 heterocycles. The van der Waals surface area contributed by atoms with E-state index >= 15 is 0 Å². The molecule has 1 aliphatic heterocycles. The van der Waals surface area contributed by atoms with Gasteiger partial charge in [0.25, 0.3) is 0 Å². The molecule has 0 bridgehead atoms. The fourth-order valence-electron chi connectivity index (χ4n) is 3.57. The van der Waals surface area contributed by atoms with E-state index in [0.717, 1.165) is 59.6 Å². The monoisotopic (exact) mass is 442 g/mol. The minimum atomic E-state index is 0.203. The molecule has 1 saturated heterocycles. The van der Waals surface area contributed by atoms with Crippen molar-refractivity contribution in [3.05, 3.63) is 58.9 Å². The van der Waals surface area contributed by atoms with Gasteiger partial charge in [-0.15, -0.1) is 0 Å². The summed E-state index contributed by atoms with van der Waals surface area (Å²) < 4.78 is 12.6. The molecule has 0 atom stereocenters. The number of nitrogens with zero attached hydrogens (tertiary/aromatic N) is 2. The normalized spacial score (nSPS) is 15.1. The maximum atomic E-state index is 12.5. The van der Waals surface area contributed by atoms with Crippen LogP contribution in [-0.2, 0) is 4.79 Å². The quantitative estimate of drug-likeness (QED) is 0.494. The van der Waals surface area contributed by atoms with Crippen LogP contribution in [0.15, 0.2) is 57.4 Å². The van der Waals surface area contributed by atoms with Crippen molar-refractivity contribution in [2.45, 2.75) is 31.6 Å². The van der Waals surface area contributed by atoms with Gasteiger partial charge in [0.1, 0.15) is 11.3 Å². The summed E-state index contributed by atoms with van der Waals surface area (Å²) in [5.74, 6) is 2.11. The molecule has 146 valence electrons. The van der Waals surface area contributed by atoms with Crippen LogP contribution in [0.2, 0.25) is 0 Å². The Hall–Kier alpha value is -2.34. The number of carbonyl (C=O) groups is 1. The Bertz CT molecular complexity index is 915. The Kier molecular flexibility index (Phi) is 5.95. The van der Waals surface area contributed by atoms with Crippen LogP contribution < -0.4 is 4.74 Å². The summed E-state index contributed by atoms with van der Waals surface area (Å²) in [6, 6.07) is 15.6. The van der Waals surface area contributed by atoms with Crippen molar-refractivity contribution in [2.75, 3.05) is 19.7 Å². The first-order chi connectivity index (χ1) is 13.7. The fraction of sp³-hybridized carbons (Fsp3) is 0.364. The molecule has 0 unspecified atom stereocenters. The van der Waals surface area contributed by atoms with Gasteiger partial charge in [0, 0.05) is 29.9 Å². The number of hydrogen-bond acceptors (Lipinski definition) is 4. The summed E-state index contributed by atoms with van der Waals surface area (Å²) >= 11 is 3.43. The molecule has 5 nitrogen and oxygen atoms in total. The largest absolute Gasteiger partial charge is 0.494 e. The van der Waals surface area contributed by atoms with Gasteiger partial charge in [0.2, 0.25) is 5.91 Å². The molecular weight excluding hydrogens is 420 g/mol. The van der Waals surface area contributed by atoms with Crippen molar-refractivity contribution in [2.24, 2.45) is 0 Å². The van der Waals surface area contributed by atoms with Gasteiger partial charge < -0.3 is 14.1 Å². The van der Waals surface area contributed by atoms with Gasteiger partial charge in [-0.3, -0.25) is 4.79 Å².